The fourth-order valence-corrected chi connectivity index (χ4v) is 4.28. The highest BCUT2D eigenvalue weighted by atomic mass is 79.9. The maximum absolute atomic E-state index is 13.6. The van der Waals surface area contributed by atoms with Crippen molar-refractivity contribution in [3.63, 3.8) is 0 Å². The van der Waals surface area contributed by atoms with Gasteiger partial charge in [-0.3, -0.25) is 9.89 Å². The number of amidine groups is 1. The van der Waals surface area contributed by atoms with Crippen LogP contribution in [0.5, 0.6) is 0 Å². The van der Waals surface area contributed by atoms with Gasteiger partial charge in [-0.15, -0.1) is 11.8 Å². The minimum Gasteiger partial charge on any atom is -0.379 e. The van der Waals surface area contributed by atoms with Gasteiger partial charge in [0.25, 0.3) is 0 Å². The lowest BCUT2D eigenvalue weighted by Crippen LogP contribution is -2.43. The molecule has 2 heterocycles. The van der Waals surface area contributed by atoms with Gasteiger partial charge in [0.2, 0.25) is 0 Å². The minimum atomic E-state index is -0.276. The summed E-state index contributed by atoms with van der Waals surface area (Å²) in [5, 5.41) is 4.24. The Morgan fingerprint density at radius 3 is 2.73 bits per heavy atom. The van der Waals surface area contributed by atoms with E-state index in [0.29, 0.717) is 10.3 Å². The van der Waals surface area contributed by atoms with Gasteiger partial charge in [-0.1, -0.05) is 42.4 Å². The van der Waals surface area contributed by atoms with Crippen molar-refractivity contribution in [1.29, 1.82) is 0 Å². The summed E-state index contributed by atoms with van der Waals surface area (Å²) in [5.41, 5.74) is 3.14. The molecule has 1 aromatic carbocycles. The Hall–Kier alpha value is -1.48. The summed E-state index contributed by atoms with van der Waals surface area (Å²) in [6.07, 6.45) is 3.48. The topological polar surface area (TPSA) is 49.2 Å². The Kier molecular flexibility index (Phi) is 10.2. The van der Waals surface area contributed by atoms with Crippen molar-refractivity contribution in [3.8, 4) is 0 Å². The van der Waals surface area contributed by atoms with Gasteiger partial charge < -0.3 is 10.1 Å². The number of ether oxygens (including phenoxy) is 1. The first-order chi connectivity index (χ1) is 14.5. The summed E-state index contributed by atoms with van der Waals surface area (Å²) >= 11 is 5.01. The summed E-state index contributed by atoms with van der Waals surface area (Å²) in [5.74, 6) is 0.435. The number of thioether (sulfide) groups is 1. The smallest absolute Gasteiger partial charge is 0.159 e. The van der Waals surface area contributed by atoms with Crippen molar-refractivity contribution < 1.29 is 9.13 Å². The molecule has 2 aliphatic heterocycles. The largest absolute Gasteiger partial charge is 0.379 e. The lowest BCUT2D eigenvalue weighted by Gasteiger charge is -2.32. The van der Waals surface area contributed by atoms with Gasteiger partial charge in [-0.05, 0) is 36.4 Å². The third kappa shape index (κ3) is 6.26. The minimum absolute atomic E-state index is 0.218. The number of hydrogen-bond acceptors (Lipinski definition) is 6. The summed E-state index contributed by atoms with van der Waals surface area (Å²) in [4.78, 5) is 11.6. The maximum Gasteiger partial charge on any atom is 0.159 e. The Labute approximate surface area is 191 Å². The highest BCUT2D eigenvalue weighted by Gasteiger charge is 2.27. The molecule has 1 N–H and O–H groups in total. The number of nitrogens with one attached hydrogen (secondary N) is 1. The van der Waals surface area contributed by atoms with E-state index < -0.39 is 0 Å². The van der Waals surface area contributed by atoms with Gasteiger partial charge in [0.15, 0.2) is 5.84 Å². The first-order valence-electron chi connectivity index (χ1n) is 10.1. The lowest BCUT2D eigenvalue weighted by atomic mass is 9.96. The quantitative estimate of drug-likeness (QED) is 0.451. The van der Waals surface area contributed by atoms with Crippen LogP contribution in [0.15, 0.2) is 56.7 Å². The molecule has 2 aliphatic rings. The Balaban J connectivity index is 0.00000155. The molecule has 5 nitrogen and oxygen atoms in total. The van der Waals surface area contributed by atoms with Crippen LogP contribution in [0.25, 0.3) is 0 Å². The molecule has 0 radical (unpaired) electrons. The molecular weight excluding hydrogens is 467 g/mol. The number of rotatable bonds is 5. The second-order valence-corrected chi connectivity index (χ2v) is 8.19. The lowest BCUT2D eigenvalue weighted by molar-refractivity contribution is 0.0417. The Morgan fingerprint density at radius 2 is 2.13 bits per heavy atom. The third-order valence-electron chi connectivity index (χ3n) is 4.76. The molecule has 0 aromatic heterocycles. The molecule has 3 rings (SSSR count). The zero-order chi connectivity index (χ0) is 22.1. The average molecular weight is 497 g/mol. The van der Waals surface area contributed by atoms with E-state index in [1.165, 1.54) is 30.1 Å². The predicted molar refractivity (Wildman–Crippen MR) is 130 cm³/mol. The number of benzene rings is 1. The second-order valence-electron chi connectivity index (χ2n) is 6.54. The summed E-state index contributed by atoms with van der Waals surface area (Å²) in [6.45, 7) is 13.8. The van der Waals surface area contributed by atoms with Crippen molar-refractivity contribution in [2.75, 3.05) is 39.1 Å². The third-order valence-corrected chi connectivity index (χ3v) is 6.13. The van der Waals surface area contributed by atoms with Crippen LogP contribution >= 0.6 is 27.7 Å². The molecule has 1 unspecified atom stereocenters. The molecule has 0 bridgehead atoms. The van der Waals surface area contributed by atoms with Crippen LogP contribution in [0.3, 0.4) is 0 Å². The monoisotopic (exact) mass is 496 g/mol. The molecule has 164 valence electrons. The van der Waals surface area contributed by atoms with E-state index in [1.54, 1.807) is 6.07 Å². The van der Waals surface area contributed by atoms with Crippen molar-refractivity contribution in [2.24, 2.45) is 9.98 Å². The second kappa shape index (κ2) is 12.4. The van der Waals surface area contributed by atoms with Crippen molar-refractivity contribution in [3.05, 3.63) is 58.1 Å². The van der Waals surface area contributed by atoms with E-state index in [4.69, 9.17) is 9.73 Å². The van der Waals surface area contributed by atoms with Crippen LogP contribution in [0.2, 0.25) is 0 Å². The maximum atomic E-state index is 13.6. The molecule has 0 amide bonds. The molecule has 0 aliphatic carbocycles. The Morgan fingerprint density at radius 1 is 1.43 bits per heavy atom. The van der Waals surface area contributed by atoms with Crippen molar-refractivity contribution in [1.82, 2.24) is 10.2 Å². The Bertz CT molecular complexity index is 834. The van der Waals surface area contributed by atoms with Gasteiger partial charge in [-0.25, -0.2) is 9.38 Å². The fraction of sp³-hybridized carbons (Fsp3) is 0.455. The number of hydrogen-bond donors (Lipinski definition) is 1. The standard InChI is InChI=1S/C20H24BrFN4OS.C2H6/c1-4-23-20(28-3)19-24-17(12-26-7-9-27-10-8-26)13(2)18(25-19)15-6-5-14(22)11-16(15)21;1-2/h4-6,11,18H,1,7-10,12H2,2-3H3,(H,24,25);1-2H3. The number of halogens is 2. The molecule has 0 spiro atoms. The van der Waals surface area contributed by atoms with Crippen LogP contribution in [0, 0.1) is 5.82 Å². The van der Waals surface area contributed by atoms with E-state index in [2.05, 4.69) is 44.6 Å². The number of aliphatic imine (C=N–C) groups is 2. The number of nitrogens with zero attached hydrogens (tertiary/aromatic N) is 3. The molecule has 1 atom stereocenters. The molecular formula is C22H30BrFN4OS. The predicted octanol–water partition coefficient (Wildman–Crippen LogP) is 5.17. The summed E-state index contributed by atoms with van der Waals surface area (Å²) in [6, 6.07) is 4.52. The van der Waals surface area contributed by atoms with Crippen LogP contribution in [0.1, 0.15) is 32.4 Å². The van der Waals surface area contributed by atoms with Gasteiger partial charge in [0.05, 0.1) is 13.2 Å². The van der Waals surface area contributed by atoms with E-state index in [1.807, 2.05) is 20.1 Å². The van der Waals surface area contributed by atoms with Gasteiger partial charge in [0, 0.05) is 36.0 Å². The summed E-state index contributed by atoms with van der Waals surface area (Å²) in [7, 11) is 0. The fourth-order valence-electron chi connectivity index (χ4n) is 3.24. The first-order valence-corrected chi connectivity index (χ1v) is 12.1. The highest BCUT2D eigenvalue weighted by molar-refractivity contribution is 9.10. The zero-order valence-corrected chi connectivity index (χ0v) is 20.4. The van der Waals surface area contributed by atoms with Gasteiger partial charge in [0.1, 0.15) is 16.9 Å². The van der Waals surface area contributed by atoms with E-state index in [-0.39, 0.29) is 11.9 Å². The SMILES string of the molecule is C=CN=C(SC)C1=NC(c2ccc(F)cc2Br)C(C)=C(CN2CCOCC2)N1.CC. The molecule has 1 aromatic rings. The van der Waals surface area contributed by atoms with Crippen LogP contribution in [-0.2, 0) is 4.74 Å². The van der Waals surface area contributed by atoms with E-state index in [9.17, 15) is 4.39 Å². The van der Waals surface area contributed by atoms with Gasteiger partial charge >= 0.3 is 0 Å². The van der Waals surface area contributed by atoms with Gasteiger partial charge in [-0.2, -0.15) is 0 Å². The normalized spacial score (nSPS) is 20.1. The van der Waals surface area contributed by atoms with Crippen molar-refractivity contribution >= 4 is 38.6 Å². The average Bonchev–Trinajstić information content (AvgIpc) is 2.76. The molecule has 30 heavy (non-hydrogen) atoms. The van der Waals surface area contributed by atoms with Crippen LogP contribution < -0.4 is 5.32 Å². The molecule has 1 fully saturated rings. The molecule has 8 heteroatoms. The van der Waals surface area contributed by atoms with E-state index >= 15 is 0 Å². The van der Waals surface area contributed by atoms with Crippen LogP contribution in [0.4, 0.5) is 4.39 Å². The van der Waals surface area contributed by atoms with Crippen LogP contribution in [-0.4, -0.2) is 54.9 Å². The van der Waals surface area contributed by atoms with E-state index in [0.717, 1.165) is 54.7 Å². The number of morpholine rings is 1. The molecule has 0 saturated carbocycles. The first kappa shape index (κ1) is 24.8. The van der Waals surface area contributed by atoms with Crippen molar-refractivity contribution in [2.45, 2.75) is 26.8 Å². The summed E-state index contributed by atoms with van der Waals surface area (Å²) < 4.78 is 19.8. The highest BCUT2D eigenvalue weighted by Crippen LogP contribution is 2.35. The zero-order valence-electron chi connectivity index (χ0n) is 18.0. The molecule has 1 saturated heterocycles.